The number of hydrogen-bond donors (Lipinski definition) is 1. The standard InChI is InChI=1S/C12H17ClN2O3/c1-8(2)6-14-11(16)7-15(3)12(17)9-4-5-10(13)18-9/h4-5,8H,6-7H2,1-3H3,(H,14,16). The van der Waals surface area contributed by atoms with Crippen molar-refractivity contribution in [1.82, 2.24) is 10.2 Å². The normalized spacial score (nSPS) is 10.5. The van der Waals surface area contributed by atoms with Crippen molar-refractivity contribution in [1.29, 1.82) is 0 Å². The maximum absolute atomic E-state index is 11.8. The summed E-state index contributed by atoms with van der Waals surface area (Å²) in [7, 11) is 1.54. The molecule has 1 aromatic rings. The molecule has 0 saturated carbocycles. The number of hydrogen-bond acceptors (Lipinski definition) is 3. The molecule has 0 aliphatic carbocycles. The maximum Gasteiger partial charge on any atom is 0.289 e. The summed E-state index contributed by atoms with van der Waals surface area (Å²) in [6.45, 7) is 4.58. The Labute approximate surface area is 111 Å². The molecule has 100 valence electrons. The molecule has 0 spiro atoms. The molecule has 1 N–H and O–H groups in total. The third kappa shape index (κ3) is 4.41. The van der Waals surface area contributed by atoms with Crippen LogP contribution in [0.5, 0.6) is 0 Å². The Kier molecular flexibility index (Phi) is 5.22. The summed E-state index contributed by atoms with van der Waals surface area (Å²) in [6, 6.07) is 2.97. The molecule has 0 atom stereocenters. The maximum atomic E-state index is 11.8. The first-order chi connectivity index (χ1) is 8.40. The molecule has 1 heterocycles. The van der Waals surface area contributed by atoms with Crippen molar-refractivity contribution in [2.24, 2.45) is 5.92 Å². The summed E-state index contributed by atoms with van der Waals surface area (Å²) < 4.78 is 4.99. The summed E-state index contributed by atoms with van der Waals surface area (Å²) in [5, 5.41) is 2.88. The molecule has 18 heavy (non-hydrogen) atoms. The Bertz CT molecular complexity index is 429. The van der Waals surface area contributed by atoms with Crippen LogP contribution in [0, 0.1) is 5.92 Å². The van der Waals surface area contributed by atoms with E-state index in [1.165, 1.54) is 24.1 Å². The summed E-state index contributed by atoms with van der Waals surface area (Å²) in [4.78, 5) is 24.6. The number of carbonyl (C=O) groups excluding carboxylic acids is 2. The molecule has 1 rings (SSSR count). The minimum atomic E-state index is -0.374. The Morgan fingerprint density at radius 1 is 1.44 bits per heavy atom. The molecule has 0 fully saturated rings. The van der Waals surface area contributed by atoms with Gasteiger partial charge in [-0.25, -0.2) is 0 Å². The number of nitrogens with zero attached hydrogens (tertiary/aromatic N) is 1. The highest BCUT2D eigenvalue weighted by molar-refractivity contribution is 6.29. The van der Waals surface area contributed by atoms with E-state index >= 15 is 0 Å². The average Bonchev–Trinajstić information content (AvgIpc) is 2.72. The monoisotopic (exact) mass is 272 g/mol. The second kappa shape index (κ2) is 6.44. The molecular weight excluding hydrogens is 256 g/mol. The van der Waals surface area contributed by atoms with Gasteiger partial charge in [0.15, 0.2) is 11.0 Å². The van der Waals surface area contributed by atoms with Crippen molar-refractivity contribution in [3.63, 3.8) is 0 Å². The van der Waals surface area contributed by atoms with Crippen molar-refractivity contribution >= 4 is 23.4 Å². The van der Waals surface area contributed by atoms with Crippen molar-refractivity contribution in [2.45, 2.75) is 13.8 Å². The van der Waals surface area contributed by atoms with Gasteiger partial charge in [-0.05, 0) is 29.7 Å². The van der Waals surface area contributed by atoms with Gasteiger partial charge in [-0.2, -0.15) is 0 Å². The molecule has 0 unspecified atom stereocenters. The van der Waals surface area contributed by atoms with E-state index in [0.29, 0.717) is 12.5 Å². The summed E-state index contributed by atoms with van der Waals surface area (Å²) in [5.41, 5.74) is 0. The van der Waals surface area contributed by atoms with Gasteiger partial charge in [0.2, 0.25) is 5.91 Å². The number of nitrogens with one attached hydrogen (secondary N) is 1. The van der Waals surface area contributed by atoms with Crippen LogP contribution in [0.2, 0.25) is 5.22 Å². The van der Waals surface area contributed by atoms with Gasteiger partial charge in [0.05, 0.1) is 6.54 Å². The summed E-state index contributed by atoms with van der Waals surface area (Å²) in [5.74, 6) is -0.0724. The number of amides is 2. The highest BCUT2D eigenvalue weighted by atomic mass is 35.5. The van der Waals surface area contributed by atoms with E-state index in [0.717, 1.165) is 0 Å². The SMILES string of the molecule is CC(C)CNC(=O)CN(C)C(=O)c1ccc(Cl)o1. The van der Waals surface area contributed by atoms with Crippen LogP contribution in [0.15, 0.2) is 16.5 Å². The van der Waals surface area contributed by atoms with Crippen LogP contribution in [0.3, 0.4) is 0 Å². The zero-order chi connectivity index (χ0) is 13.7. The van der Waals surface area contributed by atoms with Crippen molar-refractivity contribution in [3.8, 4) is 0 Å². The van der Waals surface area contributed by atoms with Gasteiger partial charge < -0.3 is 14.6 Å². The van der Waals surface area contributed by atoms with Crippen LogP contribution in [-0.2, 0) is 4.79 Å². The number of rotatable bonds is 5. The third-order valence-corrected chi connectivity index (χ3v) is 2.42. The first kappa shape index (κ1) is 14.6. The first-order valence-electron chi connectivity index (χ1n) is 5.67. The molecule has 0 aromatic carbocycles. The third-order valence-electron chi connectivity index (χ3n) is 2.22. The zero-order valence-electron chi connectivity index (χ0n) is 10.7. The topological polar surface area (TPSA) is 62.6 Å². The fraction of sp³-hybridized carbons (Fsp3) is 0.500. The summed E-state index contributed by atoms with van der Waals surface area (Å²) >= 11 is 5.58. The second-order valence-corrected chi connectivity index (χ2v) is 4.84. The lowest BCUT2D eigenvalue weighted by atomic mass is 10.2. The van der Waals surface area contributed by atoms with Gasteiger partial charge in [-0.3, -0.25) is 9.59 Å². The largest absolute Gasteiger partial charge is 0.440 e. The molecule has 0 bridgehead atoms. The van der Waals surface area contributed by atoms with Crippen LogP contribution < -0.4 is 5.32 Å². The van der Waals surface area contributed by atoms with E-state index < -0.39 is 0 Å². The smallest absolute Gasteiger partial charge is 0.289 e. The van der Waals surface area contributed by atoms with Crippen LogP contribution in [-0.4, -0.2) is 36.9 Å². The van der Waals surface area contributed by atoms with E-state index in [-0.39, 0.29) is 29.3 Å². The van der Waals surface area contributed by atoms with Gasteiger partial charge in [-0.15, -0.1) is 0 Å². The van der Waals surface area contributed by atoms with Crippen molar-refractivity contribution < 1.29 is 14.0 Å². The molecular formula is C12H17ClN2O3. The molecule has 0 radical (unpaired) electrons. The van der Waals surface area contributed by atoms with Crippen molar-refractivity contribution in [2.75, 3.05) is 20.1 Å². The van der Waals surface area contributed by atoms with E-state index in [1.54, 1.807) is 0 Å². The van der Waals surface area contributed by atoms with E-state index in [2.05, 4.69) is 5.32 Å². The zero-order valence-corrected chi connectivity index (χ0v) is 11.5. The van der Waals surface area contributed by atoms with Gasteiger partial charge in [0.1, 0.15) is 0 Å². The van der Waals surface area contributed by atoms with Crippen LogP contribution in [0.25, 0.3) is 0 Å². The molecule has 0 saturated heterocycles. The van der Waals surface area contributed by atoms with Crippen LogP contribution >= 0.6 is 11.6 Å². The molecule has 2 amide bonds. The molecule has 1 aromatic heterocycles. The summed E-state index contributed by atoms with van der Waals surface area (Å²) in [6.07, 6.45) is 0. The molecule has 5 nitrogen and oxygen atoms in total. The fourth-order valence-electron chi connectivity index (χ4n) is 1.28. The van der Waals surface area contributed by atoms with Crippen LogP contribution in [0.1, 0.15) is 24.4 Å². The Hall–Kier alpha value is -1.49. The predicted molar refractivity (Wildman–Crippen MR) is 68.5 cm³/mol. The Morgan fingerprint density at radius 3 is 2.61 bits per heavy atom. The number of halogens is 1. The Balaban J connectivity index is 2.47. The van der Waals surface area contributed by atoms with Crippen LogP contribution in [0.4, 0.5) is 0 Å². The van der Waals surface area contributed by atoms with Gasteiger partial charge >= 0.3 is 0 Å². The van der Waals surface area contributed by atoms with Gasteiger partial charge in [0, 0.05) is 13.6 Å². The van der Waals surface area contributed by atoms with E-state index in [4.69, 9.17) is 16.0 Å². The second-order valence-electron chi connectivity index (χ2n) is 4.46. The molecule has 0 aliphatic heterocycles. The highest BCUT2D eigenvalue weighted by Gasteiger charge is 2.18. The van der Waals surface area contributed by atoms with E-state index in [1.807, 2.05) is 13.8 Å². The lowest BCUT2D eigenvalue weighted by Gasteiger charge is -2.15. The van der Waals surface area contributed by atoms with Gasteiger partial charge in [0.25, 0.3) is 5.91 Å². The van der Waals surface area contributed by atoms with Gasteiger partial charge in [-0.1, -0.05) is 13.8 Å². The minimum absolute atomic E-state index is 0.0100. The minimum Gasteiger partial charge on any atom is -0.440 e. The van der Waals surface area contributed by atoms with E-state index in [9.17, 15) is 9.59 Å². The average molecular weight is 273 g/mol. The lowest BCUT2D eigenvalue weighted by molar-refractivity contribution is -0.121. The molecule has 6 heteroatoms. The fourth-order valence-corrected chi connectivity index (χ4v) is 1.42. The number of carbonyl (C=O) groups is 2. The van der Waals surface area contributed by atoms with Crippen molar-refractivity contribution in [3.05, 3.63) is 23.1 Å². The Morgan fingerprint density at radius 2 is 2.11 bits per heavy atom. The number of furan rings is 1. The predicted octanol–water partition coefficient (Wildman–Crippen LogP) is 1.78. The quantitative estimate of drug-likeness (QED) is 0.889. The lowest BCUT2D eigenvalue weighted by Crippen LogP contribution is -2.39. The highest BCUT2D eigenvalue weighted by Crippen LogP contribution is 2.14. The number of likely N-dealkylation sites (N-methyl/N-ethyl adjacent to an activating group) is 1. The first-order valence-corrected chi connectivity index (χ1v) is 6.05. The molecule has 0 aliphatic rings.